The van der Waals surface area contributed by atoms with Gasteiger partial charge in [0.15, 0.2) is 0 Å². The van der Waals surface area contributed by atoms with E-state index in [0.717, 1.165) is 24.2 Å². The van der Waals surface area contributed by atoms with Crippen molar-refractivity contribution in [2.45, 2.75) is 53.1 Å². The van der Waals surface area contributed by atoms with Crippen molar-refractivity contribution in [3.63, 3.8) is 0 Å². The van der Waals surface area contributed by atoms with Crippen LogP contribution < -0.4 is 0 Å². The van der Waals surface area contributed by atoms with Crippen LogP contribution in [0.2, 0.25) is 0 Å². The zero-order chi connectivity index (χ0) is 10.0. The molecule has 1 saturated carbocycles. The van der Waals surface area contributed by atoms with Crippen LogP contribution in [0.1, 0.15) is 47.0 Å². The van der Waals surface area contributed by atoms with E-state index in [-0.39, 0.29) is 0 Å². The summed E-state index contributed by atoms with van der Waals surface area (Å²) in [7, 11) is 0. The average molecular weight is 186 g/mol. The summed E-state index contributed by atoms with van der Waals surface area (Å²) in [4.78, 5) is 0. The molecule has 1 aliphatic carbocycles. The first kappa shape index (κ1) is 11.0. The van der Waals surface area contributed by atoms with Gasteiger partial charge in [0.05, 0.1) is 6.17 Å². The molecule has 0 bridgehead atoms. The van der Waals surface area contributed by atoms with E-state index in [9.17, 15) is 4.39 Å². The molecular weight excluding hydrogens is 163 g/mol. The third-order valence-electron chi connectivity index (χ3n) is 3.66. The molecule has 1 fully saturated rings. The maximum absolute atomic E-state index is 12.9. The van der Waals surface area contributed by atoms with E-state index in [2.05, 4.69) is 20.8 Å². The molecule has 0 aromatic rings. The van der Waals surface area contributed by atoms with Crippen molar-refractivity contribution >= 4 is 0 Å². The number of hydrogen-bond donors (Lipinski definition) is 0. The summed E-state index contributed by atoms with van der Waals surface area (Å²) in [6, 6.07) is 0. The Morgan fingerprint density at radius 1 is 1.23 bits per heavy atom. The summed E-state index contributed by atoms with van der Waals surface area (Å²) in [5, 5.41) is 0. The molecule has 0 saturated heterocycles. The minimum Gasteiger partial charge on any atom is -0.248 e. The summed E-state index contributed by atoms with van der Waals surface area (Å²) >= 11 is 0. The molecule has 0 radical (unpaired) electrons. The first-order valence-electron chi connectivity index (χ1n) is 5.64. The van der Waals surface area contributed by atoms with Gasteiger partial charge in [0.25, 0.3) is 0 Å². The van der Waals surface area contributed by atoms with Gasteiger partial charge in [0.2, 0.25) is 0 Å². The van der Waals surface area contributed by atoms with Gasteiger partial charge in [-0.1, -0.05) is 20.8 Å². The molecular formula is C12H23F. The summed E-state index contributed by atoms with van der Waals surface area (Å²) in [5.74, 6) is 3.01. The third kappa shape index (κ3) is 2.96. The first-order valence-corrected chi connectivity index (χ1v) is 5.64. The van der Waals surface area contributed by atoms with Crippen LogP contribution in [-0.4, -0.2) is 6.17 Å². The highest BCUT2D eigenvalue weighted by Crippen LogP contribution is 2.42. The van der Waals surface area contributed by atoms with Gasteiger partial charge in [-0.15, -0.1) is 0 Å². The lowest BCUT2D eigenvalue weighted by Gasteiger charge is -2.15. The normalized spacial score (nSPS) is 36.9. The third-order valence-corrected chi connectivity index (χ3v) is 3.66. The maximum atomic E-state index is 12.9. The van der Waals surface area contributed by atoms with Crippen molar-refractivity contribution in [3.8, 4) is 0 Å². The van der Waals surface area contributed by atoms with Crippen LogP contribution in [0, 0.1) is 23.7 Å². The number of halogens is 1. The van der Waals surface area contributed by atoms with E-state index in [1.165, 1.54) is 12.8 Å². The first-order chi connectivity index (χ1) is 6.00. The van der Waals surface area contributed by atoms with E-state index < -0.39 is 6.17 Å². The van der Waals surface area contributed by atoms with Crippen molar-refractivity contribution in [2.24, 2.45) is 23.7 Å². The van der Waals surface area contributed by atoms with Crippen molar-refractivity contribution in [2.75, 3.05) is 0 Å². The van der Waals surface area contributed by atoms with Crippen LogP contribution in [0.5, 0.6) is 0 Å². The highest BCUT2D eigenvalue weighted by Gasteiger charge is 2.33. The predicted octanol–water partition coefficient (Wildman–Crippen LogP) is 4.05. The lowest BCUT2D eigenvalue weighted by atomic mass is 9.91. The maximum Gasteiger partial charge on any atom is 0.0976 e. The molecule has 4 atom stereocenters. The van der Waals surface area contributed by atoms with Crippen LogP contribution in [0.4, 0.5) is 4.39 Å². The van der Waals surface area contributed by atoms with Crippen LogP contribution in [-0.2, 0) is 0 Å². The van der Waals surface area contributed by atoms with Gasteiger partial charge in [-0.25, -0.2) is 4.39 Å². The Morgan fingerprint density at radius 2 is 1.85 bits per heavy atom. The van der Waals surface area contributed by atoms with Crippen molar-refractivity contribution < 1.29 is 4.39 Å². The van der Waals surface area contributed by atoms with Crippen LogP contribution in [0.25, 0.3) is 0 Å². The van der Waals surface area contributed by atoms with Crippen molar-refractivity contribution in [1.82, 2.24) is 0 Å². The minimum absolute atomic E-state index is 0.613. The highest BCUT2D eigenvalue weighted by atomic mass is 19.1. The highest BCUT2D eigenvalue weighted by molar-refractivity contribution is 4.83. The van der Waals surface area contributed by atoms with Gasteiger partial charge in [0.1, 0.15) is 0 Å². The van der Waals surface area contributed by atoms with Gasteiger partial charge < -0.3 is 0 Å². The molecule has 0 aliphatic heterocycles. The second-order valence-electron chi connectivity index (χ2n) is 5.23. The molecule has 0 nitrogen and oxygen atoms in total. The largest absolute Gasteiger partial charge is 0.248 e. The van der Waals surface area contributed by atoms with E-state index in [0.29, 0.717) is 5.92 Å². The second-order valence-corrected chi connectivity index (χ2v) is 5.23. The zero-order valence-electron chi connectivity index (χ0n) is 9.39. The molecule has 13 heavy (non-hydrogen) atoms. The van der Waals surface area contributed by atoms with Crippen LogP contribution >= 0.6 is 0 Å². The molecule has 0 spiro atoms. The Bertz CT molecular complexity index is 151. The molecule has 4 unspecified atom stereocenters. The zero-order valence-corrected chi connectivity index (χ0v) is 9.39. The van der Waals surface area contributed by atoms with E-state index in [4.69, 9.17) is 0 Å². The van der Waals surface area contributed by atoms with Gasteiger partial charge >= 0.3 is 0 Å². The molecule has 0 amide bonds. The molecule has 1 aliphatic rings. The summed E-state index contributed by atoms with van der Waals surface area (Å²) < 4.78 is 12.9. The Balaban J connectivity index is 2.42. The average Bonchev–Trinajstić information content (AvgIpc) is 2.31. The smallest absolute Gasteiger partial charge is 0.0976 e. The Hall–Kier alpha value is -0.0700. The quantitative estimate of drug-likeness (QED) is 0.623. The summed E-state index contributed by atoms with van der Waals surface area (Å²) in [6.07, 6.45) is 2.74. The lowest BCUT2D eigenvalue weighted by molar-refractivity contribution is 0.257. The van der Waals surface area contributed by atoms with E-state index in [1.807, 2.05) is 0 Å². The van der Waals surface area contributed by atoms with Gasteiger partial charge in [-0.3, -0.25) is 0 Å². The number of rotatable bonds is 3. The Labute approximate surface area is 81.9 Å². The SMILES string of the molecule is CC(F)CC1CC(C(C)C)CC1C. The van der Waals surface area contributed by atoms with Gasteiger partial charge in [-0.2, -0.15) is 0 Å². The number of hydrogen-bond acceptors (Lipinski definition) is 0. The Kier molecular flexibility index (Phi) is 3.75. The van der Waals surface area contributed by atoms with Crippen LogP contribution in [0.3, 0.4) is 0 Å². The van der Waals surface area contributed by atoms with Crippen molar-refractivity contribution in [1.29, 1.82) is 0 Å². The second kappa shape index (κ2) is 4.43. The van der Waals surface area contributed by atoms with Gasteiger partial charge in [-0.05, 0) is 49.9 Å². The summed E-state index contributed by atoms with van der Waals surface area (Å²) in [5.41, 5.74) is 0. The fourth-order valence-corrected chi connectivity index (χ4v) is 2.68. The minimum atomic E-state index is -0.613. The fourth-order valence-electron chi connectivity index (χ4n) is 2.68. The molecule has 1 rings (SSSR count). The number of alkyl halides is 1. The van der Waals surface area contributed by atoms with Gasteiger partial charge in [0, 0.05) is 0 Å². The molecule has 0 N–H and O–H groups in total. The molecule has 0 aromatic heterocycles. The summed E-state index contributed by atoms with van der Waals surface area (Å²) in [6.45, 7) is 8.56. The Morgan fingerprint density at radius 3 is 2.23 bits per heavy atom. The standard InChI is InChI=1S/C12H23F/c1-8(2)11-5-9(3)12(7-11)6-10(4)13/h8-12H,5-7H2,1-4H3. The van der Waals surface area contributed by atoms with Crippen LogP contribution in [0.15, 0.2) is 0 Å². The topological polar surface area (TPSA) is 0 Å². The monoisotopic (exact) mass is 186 g/mol. The molecule has 0 heterocycles. The fraction of sp³-hybridized carbons (Fsp3) is 1.00. The van der Waals surface area contributed by atoms with E-state index in [1.54, 1.807) is 6.92 Å². The van der Waals surface area contributed by atoms with E-state index >= 15 is 0 Å². The van der Waals surface area contributed by atoms with Crippen molar-refractivity contribution in [3.05, 3.63) is 0 Å². The molecule has 1 heteroatoms. The molecule has 78 valence electrons. The lowest BCUT2D eigenvalue weighted by Crippen LogP contribution is -2.09. The molecule has 0 aromatic carbocycles. The predicted molar refractivity (Wildman–Crippen MR) is 55.4 cm³/mol.